The van der Waals surface area contributed by atoms with Crippen molar-refractivity contribution < 1.29 is 10.0 Å². The standard InChI is InChI=1S/C9H11ClN2O3/c10-6-1-2-8(12(14)15)7(5-6)9(13)3-4-11/h1-2,5,9,13H,3-4,11H2. The van der Waals surface area contributed by atoms with E-state index in [1.165, 1.54) is 18.2 Å². The number of nitro benzene ring substituents is 1. The molecule has 1 atom stereocenters. The van der Waals surface area contributed by atoms with Crippen molar-refractivity contribution in [3.05, 3.63) is 38.9 Å². The number of nitrogens with two attached hydrogens (primary N) is 1. The number of rotatable bonds is 4. The topological polar surface area (TPSA) is 89.4 Å². The van der Waals surface area contributed by atoms with Crippen LogP contribution in [-0.4, -0.2) is 16.6 Å². The number of aliphatic hydroxyl groups excluding tert-OH is 1. The van der Waals surface area contributed by atoms with Crippen LogP contribution < -0.4 is 5.73 Å². The first kappa shape index (κ1) is 11.9. The highest BCUT2D eigenvalue weighted by Gasteiger charge is 2.19. The van der Waals surface area contributed by atoms with Gasteiger partial charge in [-0.2, -0.15) is 0 Å². The van der Waals surface area contributed by atoms with E-state index in [1.807, 2.05) is 0 Å². The zero-order chi connectivity index (χ0) is 11.4. The Morgan fingerprint density at radius 1 is 1.60 bits per heavy atom. The molecule has 6 heteroatoms. The zero-order valence-electron chi connectivity index (χ0n) is 7.89. The molecule has 0 bridgehead atoms. The molecule has 0 aliphatic heterocycles. The molecule has 0 heterocycles. The van der Waals surface area contributed by atoms with Crippen molar-refractivity contribution in [2.24, 2.45) is 5.73 Å². The quantitative estimate of drug-likeness (QED) is 0.608. The minimum atomic E-state index is -0.950. The van der Waals surface area contributed by atoms with Crippen molar-refractivity contribution in [2.45, 2.75) is 12.5 Å². The summed E-state index contributed by atoms with van der Waals surface area (Å²) in [7, 11) is 0. The highest BCUT2D eigenvalue weighted by molar-refractivity contribution is 6.30. The predicted octanol–water partition coefficient (Wildman–Crippen LogP) is 1.63. The van der Waals surface area contributed by atoms with Crippen LogP contribution in [0.5, 0.6) is 0 Å². The average molecular weight is 231 g/mol. The van der Waals surface area contributed by atoms with E-state index in [4.69, 9.17) is 17.3 Å². The Morgan fingerprint density at radius 2 is 2.27 bits per heavy atom. The molecule has 0 saturated heterocycles. The van der Waals surface area contributed by atoms with Gasteiger partial charge in [-0.25, -0.2) is 0 Å². The molecule has 0 aliphatic rings. The number of halogens is 1. The van der Waals surface area contributed by atoms with Crippen LogP contribution >= 0.6 is 11.6 Å². The van der Waals surface area contributed by atoms with Crippen LogP contribution in [0.15, 0.2) is 18.2 Å². The zero-order valence-corrected chi connectivity index (χ0v) is 8.65. The van der Waals surface area contributed by atoms with Gasteiger partial charge in [-0.3, -0.25) is 10.1 Å². The highest BCUT2D eigenvalue weighted by Crippen LogP contribution is 2.29. The van der Waals surface area contributed by atoms with E-state index >= 15 is 0 Å². The first-order valence-corrected chi connectivity index (χ1v) is 4.76. The van der Waals surface area contributed by atoms with Gasteiger partial charge in [-0.1, -0.05) is 11.6 Å². The van der Waals surface area contributed by atoms with Crippen LogP contribution in [0.2, 0.25) is 5.02 Å². The van der Waals surface area contributed by atoms with Crippen molar-refractivity contribution in [2.75, 3.05) is 6.54 Å². The van der Waals surface area contributed by atoms with Crippen LogP contribution in [0.3, 0.4) is 0 Å². The molecule has 0 fully saturated rings. The Hall–Kier alpha value is -1.17. The fourth-order valence-corrected chi connectivity index (χ4v) is 1.45. The van der Waals surface area contributed by atoms with Gasteiger partial charge in [0, 0.05) is 11.1 Å². The molecular weight excluding hydrogens is 220 g/mol. The Bertz CT molecular complexity index is 370. The Balaban J connectivity index is 3.12. The maximum Gasteiger partial charge on any atom is 0.275 e. The third-order valence-corrected chi connectivity index (χ3v) is 2.22. The molecule has 82 valence electrons. The number of nitrogens with zero attached hydrogens (tertiary/aromatic N) is 1. The van der Waals surface area contributed by atoms with Gasteiger partial charge in [0.1, 0.15) is 0 Å². The molecule has 0 saturated carbocycles. The Kier molecular flexibility index (Phi) is 4.02. The number of hydrogen-bond donors (Lipinski definition) is 2. The maximum atomic E-state index is 10.7. The first-order valence-electron chi connectivity index (χ1n) is 4.38. The van der Waals surface area contributed by atoms with Crippen molar-refractivity contribution in [1.29, 1.82) is 0 Å². The number of benzene rings is 1. The summed E-state index contributed by atoms with van der Waals surface area (Å²) in [6.45, 7) is 0.255. The maximum absolute atomic E-state index is 10.7. The van der Waals surface area contributed by atoms with Crippen LogP contribution in [0, 0.1) is 10.1 Å². The van der Waals surface area contributed by atoms with Crippen LogP contribution in [0.1, 0.15) is 18.1 Å². The smallest absolute Gasteiger partial charge is 0.275 e. The Labute approximate surface area is 91.6 Å². The summed E-state index contributed by atoms with van der Waals surface area (Å²) >= 11 is 5.70. The lowest BCUT2D eigenvalue weighted by atomic mass is 10.0. The van der Waals surface area contributed by atoms with Gasteiger partial charge in [-0.05, 0) is 25.1 Å². The van der Waals surface area contributed by atoms with E-state index in [1.54, 1.807) is 0 Å². The van der Waals surface area contributed by atoms with E-state index in [2.05, 4.69) is 0 Å². The molecule has 1 aromatic rings. The molecule has 1 aromatic carbocycles. The van der Waals surface area contributed by atoms with Crippen LogP contribution in [0.4, 0.5) is 5.69 Å². The fourth-order valence-electron chi connectivity index (χ4n) is 1.27. The normalized spacial score (nSPS) is 12.5. The average Bonchev–Trinajstić information content (AvgIpc) is 2.17. The largest absolute Gasteiger partial charge is 0.388 e. The van der Waals surface area contributed by atoms with Crippen molar-refractivity contribution >= 4 is 17.3 Å². The van der Waals surface area contributed by atoms with Crippen LogP contribution in [0.25, 0.3) is 0 Å². The minimum absolute atomic E-state index is 0.139. The van der Waals surface area contributed by atoms with Gasteiger partial charge in [0.2, 0.25) is 0 Å². The minimum Gasteiger partial charge on any atom is -0.388 e. The monoisotopic (exact) mass is 230 g/mol. The van der Waals surface area contributed by atoms with Gasteiger partial charge in [-0.15, -0.1) is 0 Å². The lowest BCUT2D eigenvalue weighted by Crippen LogP contribution is -2.08. The molecule has 0 aliphatic carbocycles. The van der Waals surface area contributed by atoms with E-state index in [0.29, 0.717) is 5.02 Å². The summed E-state index contributed by atoms with van der Waals surface area (Å²) in [5.74, 6) is 0. The lowest BCUT2D eigenvalue weighted by Gasteiger charge is -2.10. The first-order chi connectivity index (χ1) is 7.06. The van der Waals surface area contributed by atoms with Crippen molar-refractivity contribution in [3.8, 4) is 0 Å². The van der Waals surface area contributed by atoms with Gasteiger partial charge < -0.3 is 10.8 Å². The third-order valence-electron chi connectivity index (χ3n) is 1.99. The van der Waals surface area contributed by atoms with Gasteiger partial charge in [0.25, 0.3) is 5.69 Å². The van der Waals surface area contributed by atoms with Gasteiger partial charge in [0.15, 0.2) is 0 Å². The molecule has 0 spiro atoms. The molecule has 5 nitrogen and oxygen atoms in total. The molecule has 0 radical (unpaired) electrons. The molecule has 1 rings (SSSR count). The van der Waals surface area contributed by atoms with Gasteiger partial charge >= 0.3 is 0 Å². The van der Waals surface area contributed by atoms with Crippen LogP contribution in [-0.2, 0) is 0 Å². The molecule has 15 heavy (non-hydrogen) atoms. The summed E-state index contributed by atoms with van der Waals surface area (Å²) < 4.78 is 0. The molecule has 0 aromatic heterocycles. The number of aliphatic hydroxyl groups is 1. The van der Waals surface area contributed by atoms with Crippen molar-refractivity contribution in [1.82, 2.24) is 0 Å². The van der Waals surface area contributed by atoms with E-state index < -0.39 is 11.0 Å². The Morgan fingerprint density at radius 3 is 2.80 bits per heavy atom. The summed E-state index contributed by atoms with van der Waals surface area (Å²) in [6, 6.07) is 4.08. The molecule has 0 amide bonds. The number of hydrogen-bond acceptors (Lipinski definition) is 4. The van der Waals surface area contributed by atoms with E-state index in [0.717, 1.165) is 0 Å². The molecule has 1 unspecified atom stereocenters. The summed E-state index contributed by atoms with van der Waals surface area (Å²) in [5, 5.41) is 20.6. The molecular formula is C9H11ClN2O3. The summed E-state index contributed by atoms with van der Waals surface area (Å²) in [4.78, 5) is 10.1. The second-order valence-corrected chi connectivity index (χ2v) is 3.49. The molecule has 3 N–H and O–H groups in total. The SMILES string of the molecule is NCCC(O)c1cc(Cl)ccc1[N+](=O)[O-]. The van der Waals surface area contributed by atoms with Crippen molar-refractivity contribution in [3.63, 3.8) is 0 Å². The summed E-state index contributed by atoms with van der Waals surface area (Å²) in [6.07, 6.45) is -0.685. The lowest BCUT2D eigenvalue weighted by molar-refractivity contribution is -0.386. The number of nitro groups is 1. The van der Waals surface area contributed by atoms with E-state index in [9.17, 15) is 15.2 Å². The second kappa shape index (κ2) is 5.06. The van der Waals surface area contributed by atoms with Gasteiger partial charge in [0.05, 0.1) is 16.6 Å². The fraction of sp³-hybridized carbons (Fsp3) is 0.333. The highest BCUT2D eigenvalue weighted by atomic mass is 35.5. The second-order valence-electron chi connectivity index (χ2n) is 3.05. The summed E-state index contributed by atoms with van der Waals surface area (Å²) in [5.41, 5.74) is 5.34. The predicted molar refractivity (Wildman–Crippen MR) is 56.7 cm³/mol. The van der Waals surface area contributed by atoms with E-state index in [-0.39, 0.29) is 24.2 Å². The third kappa shape index (κ3) is 2.89.